The van der Waals surface area contributed by atoms with Gasteiger partial charge in [-0.15, -0.1) is 11.6 Å². The molecule has 0 aromatic carbocycles. The Bertz CT molecular complexity index is 418. The van der Waals surface area contributed by atoms with Crippen LogP contribution in [0.3, 0.4) is 0 Å². The summed E-state index contributed by atoms with van der Waals surface area (Å²) >= 11 is 0. The molecule has 0 aliphatic carbocycles. The predicted octanol–water partition coefficient (Wildman–Crippen LogP) is 2.67. The fraction of sp³-hybridized carbons (Fsp3) is 0.588. The van der Waals surface area contributed by atoms with Crippen LogP contribution in [0.1, 0.15) is 60.8 Å². The Morgan fingerprint density at radius 2 is 1.87 bits per heavy atom. The molecule has 0 spiro atoms. The summed E-state index contributed by atoms with van der Waals surface area (Å²) in [6.07, 6.45) is 7.50. The van der Waals surface area contributed by atoms with Crippen molar-refractivity contribution in [1.29, 1.82) is 0 Å². The van der Waals surface area contributed by atoms with E-state index in [1.54, 1.807) is 19.1 Å². The summed E-state index contributed by atoms with van der Waals surface area (Å²) in [6, 6.07) is -0.644. The molecule has 129 valence electrons. The summed E-state index contributed by atoms with van der Waals surface area (Å²) < 4.78 is 0. The number of hydrogen-bond donors (Lipinski definition) is 2. The number of carbonyl (C=O) groups excluding carboxylic acids is 3. The molecule has 0 bridgehead atoms. The zero-order valence-corrected chi connectivity index (χ0v) is 18.0. The second-order valence-electron chi connectivity index (χ2n) is 3.92. The normalized spacial score (nSPS) is 17.0. The number of carbonyl (C=O) groups is 3. The molecule has 1 atom stereocenters. The van der Waals surface area contributed by atoms with Crippen molar-refractivity contribution in [2.24, 2.45) is 0 Å². The molecule has 1 fully saturated rings. The van der Waals surface area contributed by atoms with Crippen LogP contribution in [0.25, 0.3) is 0 Å². The van der Waals surface area contributed by atoms with E-state index < -0.39 is 11.9 Å². The monoisotopic (exact) mass is 398 g/mol. The average molecular weight is 398 g/mol. The topological polar surface area (TPSA) is 75.3 Å². The van der Waals surface area contributed by atoms with Crippen molar-refractivity contribution >= 4 is 17.7 Å². The molecule has 1 heterocycles. The van der Waals surface area contributed by atoms with Crippen LogP contribution in [0, 0.1) is 6.08 Å². The van der Waals surface area contributed by atoms with E-state index in [1.165, 1.54) is 0 Å². The minimum absolute atomic E-state index is 0. The molecule has 1 aliphatic heterocycles. The summed E-state index contributed by atoms with van der Waals surface area (Å²) in [4.78, 5) is 34.3. The van der Waals surface area contributed by atoms with E-state index in [0.717, 1.165) is 0 Å². The minimum Gasteiger partial charge on any atom is -0.394 e. The van der Waals surface area contributed by atoms with Crippen molar-refractivity contribution in [2.75, 3.05) is 0 Å². The number of piperidine rings is 1. The van der Waals surface area contributed by atoms with E-state index in [2.05, 4.69) is 16.7 Å². The summed E-state index contributed by atoms with van der Waals surface area (Å²) in [6.45, 7) is 11.7. The second-order valence-corrected chi connectivity index (χ2v) is 3.92. The molecular formula is C17H29N2O3Y-. The van der Waals surface area contributed by atoms with Crippen LogP contribution < -0.4 is 10.6 Å². The van der Waals surface area contributed by atoms with Gasteiger partial charge in [-0.1, -0.05) is 48.0 Å². The number of allylic oxidation sites excluding steroid dienone is 2. The Hall–Kier alpha value is -0.806. The van der Waals surface area contributed by atoms with Crippen molar-refractivity contribution in [2.45, 2.75) is 66.8 Å². The van der Waals surface area contributed by atoms with Crippen LogP contribution in [0.5, 0.6) is 0 Å². The standard InChI is InChI=1S/C13H17N2O3.2C2H6.Y/c1-3-5-9(6-4-2)12(17)14-10-7-8-11(16)15-13(10)18;2*1-2;/h3,5,10H,4,7-8H2,1-2H3,(H,14,17)(H,15,16,18);2*1-2H3;/q-1;;;/b5-3-;;;. The van der Waals surface area contributed by atoms with Crippen LogP contribution in [0.15, 0.2) is 17.7 Å². The number of rotatable bonds is 4. The molecule has 0 saturated carbocycles. The summed E-state index contributed by atoms with van der Waals surface area (Å²) in [7, 11) is 0. The minimum atomic E-state index is -0.644. The van der Waals surface area contributed by atoms with Crippen molar-refractivity contribution < 1.29 is 47.1 Å². The third-order valence-corrected chi connectivity index (χ3v) is 2.49. The van der Waals surface area contributed by atoms with Crippen molar-refractivity contribution in [3.8, 4) is 0 Å². The summed E-state index contributed by atoms with van der Waals surface area (Å²) in [5, 5.41) is 4.80. The molecule has 1 saturated heterocycles. The van der Waals surface area contributed by atoms with E-state index >= 15 is 0 Å². The Balaban J connectivity index is -0.000000739. The SMILES string of the molecule is C/C=C\C(=[C-]CC)C(=O)NC1CCC(=O)NC1=O.CC.CC.[Y]. The van der Waals surface area contributed by atoms with Crippen molar-refractivity contribution in [3.05, 3.63) is 23.8 Å². The van der Waals surface area contributed by atoms with Gasteiger partial charge in [0.05, 0.1) is 6.04 Å². The van der Waals surface area contributed by atoms with E-state index in [4.69, 9.17) is 0 Å². The molecule has 23 heavy (non-hydrogen) atoms. The van der Waals surface area contributed by atoms with E-state index in [1.807, 2.05) is 34.6 Å². The largest absolute Gasteiger partial charge is 0.394 e. The van der Waals surface area contributed by atoms with Gasteiger partial charge >= 0.3 is 0 Å². The maximum atomic E-state index is 11.9. The van der Waals surface area contributed by atoms with Crippen molar-refractivity contribution in [1.82, 2.24) is 10.6 Å². The molecule has 0 aromatic rings. The maximum Gasteiger partial charge on any atom is 0.248 e. The third kappa shape index (κ3) is 11.4. The first kappa shape index (κ1) is 27.1. The van der Waals surface area contributed by atoms with Crippen LogP contribution >= 0.6 is 0 Å². The number of imide groups is 1. The predicted molar refractivity (Wildman–Crippen MR) is 88.9 cm³/mol. The van der Waals surface area contributed by atoms with Crippen LogP contribution in [-0.2, 0) is 47.1 Å². The molecular weight excluding hydrogens is 369 g/mol. The Labute approximate surface area is 165 Å². The molecule has 1 aliphatic rings. The summed E-state index contributed by atoms with van der Waals surface area (Å²) in [5.41, 5.74) is 0.407. The molecule has 2 N–H and O–H groups in total. The van der Waals surface area contributed by atoms with Gasteiger partial charge in [0.2, 0.25) is 11.8 Å². The molecule has 1 radical (unpaired) electrons. The van der Waals surface area contributed by atoms with Crippen LogP contribution in [0.4, 0.5) is 0 Å². The van der Waals surface area contributed by atoms with E-state index in [-0.39, 0.29) is 50.9 Å². The van der Waals surface area contributed by atoms with Gasteiger partial charge in [-0.3, -0.25) is 14.9 Å². The van der Waals surface area contributed by atoms with Crippen LogP contribution in [-0.4, -0.2) is 23.8 Å². The summed E-state index contributed by atoms with van der Waals surface area (Å²) in [5.74, 6) is -1.09. The van der Waals surface area contributed by atoms with Gasteiger partial charge in [0.15, 0.2) is 0 Å². The number of hydrogen-bond acceptors (Lipinski definition) is 3. The molecule has 3 amide bonds. The van der Waals surface area contributed by atoms with Gasteiger partial charge < -0.3 is 10.1 Å². The van der Waals surface area contributed by atoms with E-state index in [0.29, 0.717) is 18.4 Å². The average Bonchev–Trinajstić information content (AvgIpc) is 2.53. The fourth-order valence-corrected chi connectivity index (χ4v) is 1.64. The van der Waals surface area contributed by atoms with Gasteiger partial charge in [-0.25, -0.2) is 0 Å². The van der Waals surface area contributed by atoms with Gasteiger partial charge in [-0.2, -0.15) is 12.2 Å². The smallest absolute Gasteiger partial charge is 0.248 e. The van der Waals surface area contributed by atoms with Crippen LogP contribution in [0.2, 0.25) is 0 Å². The Kier molecular flexibility index (Phi) is 20.6. The first-order chi connectivity index (χ1) is 10.6. The Morgan fingerprint density at radius 3 is 2.30 bits per heavy atom. The quantitative estimate of drug-likeness (QED) is 0.331. The van der Waals surface area contributed by atoms with E-state index in [9.17, 15) is 14.4 Å². The Morgan fingerprint density at radius 1 is 1.30 bits per heavy atom. The molecule has 0 aromatic heterocycles. The van der Waals surface area contributed by atoms with Gasteiger partial charge in [0.1, 0.15) is 5.91 Å². The molecule has 1 rings (SSSR count). The number of amides is 3. The molecule has 5 nitrogen and oxygen atoms in total. The van der Waals surface area contributed by atoms with Gasteiger partial charge in [0.25, 0.3) is 0 Å². The molecule has 1 unspecified atom stereocenters. The third-order valence-electron chi connectivity index (χ3n) is 2.49. The second kappa shape index (κ2) is 17.5. The number of nitrogens with one attached hydrogen (secondary N) is 2. The van der Waals surface area contributed by atoms with Crippen molar-refractivity contribution in [3.63, 3.8) is 0 Å². The first-order valence-electron chi connectivity index (χ1n) is 7.96. The van der Waals surface area contributed by atoms with Gasteiger partial charge in [0, 0.05) is 39.1 Å². The zero-order valence-electron chi connectivity index (χ0n) is 15.2. The maximum absolute atomic E-state index is 11.9. The zero-order chi connectivity index (χ0) is 17.5. The fourth-order valence-electron chi connectivity index (χ4n) is 1.64. The first-order valence-corrected chi connectivity index (χ1v) is 7.96. The van der Waals surface area contributed by atoms with Gasteiger partial charge in [-0.05, 0) is 6.42 Å². The molecule has 6 heteroatoms.